The van der Waals surface area contributed by atoms with Crippen molar-refractivity contribution in [3.8, 4) is 5.88 Å². The van der Waals surface area contributed by atoms with Gasteiger partial charge in [0.05, 0.1) is 29.7 Å². The molecule has 0 N–H and O–H groups in total. The van der Waals surface area contributed by atoms with Crippen LogP contribution < -0.4 is 4.74 Å². The van der Waals surface area contributed by atoms with Crippen molar-refractivity contribution in [3.63, 3.8) is 0 Å². The van der Waals surface area contributed by atoms with E-state index in [1.165, 1.54) is 0 Å². The maximum absolute atomic E-state index is 12.5. The average molecular weight is 387 g/mol. The number of hydrogen-bond acceptors (Lipinski definition) is 5. The van der Waals surface area contributed by atoms with Gasteiger partial charge in [0.2, 0.25) is 11.8 Å². The maximum atomic E-state index is 12.5. The molecule has 3 amide bonds. The van der Waals surface area contributed by atoms with Crippen LogP contribution in [-0.2, 0) is 4.79 Å². The molecule has 0 atom stereocenters. The smallest absolute Gasteiger partial charge is 0.262 e. The minimum atomic E-state index is -0.423. The standard InChI is InChI=1S/C22H17N3O4/c26-20(13-25-21(27)16-6-2-3-7-17(16)22(25)28)24-11-15(12-24)29-19-10-9-14-5-1-4-8-18(14)23-19/h1-10,15H,11-13H2. The summed E-state index contributed by atoms with van der Waals surface area (Å²) in [7, 11) is 0. The molecule has 2 aliphatic heterocycles. The highest BCUT2D eigenvalue weighted by molar-refractivity contribution is 6.22. The summed E-state index contributed by atoms with van der Waals surface area (Å²) in [6.45, 7) is 0.542. The van der Waals surface area contributed by atoms with E-state index in [9.17, 15) is 14.4 Å². The molecule has 29 heavy (non-hydrogen) atoms. The number of aromatic nitrogens is 1. The number of ether oxygens (including phenoxy) is 1. The Morgan fingerprint density at radius 3 is 2.31 bits per heavy atom. The van der Waals surface area contributed by atoms with Gasteiger partial charge in [-0.05, 0) is 24.3 Å². The molecule has 7 heteroatoms. The summed E-state index contributed by atoms with van der Waals surface area (Å²) in [5, 5.41) is 1.03. The highest BCUT2D eigenvalue weighted by Gasteiger charge is 2.39. The van der Waals surface area contributed by atoms with Gasteiger partial charge >= 0.3 is 0 Å². The molecule has 0 spiro atoms. The van der Waals surface area contributed by atoms with Crippen LogP contribution in [-0.4, -0.2) is 58.2 Å². The van der Waals surface area contributed by atoms with Crippen molar-refractivity contribution < 1.29 is 19.1 Å². The summed E-state index contributed by atoms with van der Waals surface area (Å²) in [4.78, 5) is 44.3. The van der Waals surface area contributed by atoms with Crippen LogP contribution in [0, 0.1) is 0 Å². The summed E-state index contributed by atoms with van der Waals surface area (Å²) in [5.74, 6) is -0.604. The summed E-state index contributed by atoms with van der Waals surface area (Å²) < 4.78 is 5.85. The molecule has 0 saturated carbocycles. The second-order valence-corrected chi connectivity index (χ2v) is 7.12. The lowest BCUT2D eigenvalue weighted by atomic mass is 10.1. The molecule has 1 saturated heterocycles. The van der Waals surface area contributed by atoms with E-state index in [0.29, 0.717) is 30.1 Å². The SMILES string of the molecule is O=C(CN1C(=O)c2ccccc2C1=O)N1CC(Oc2ccc3ccccc3n2)C1. The molecule has 1 aromatic heterocycles. The predicted octanol–water partition coefficient (Wildman–Crippen LogP) is 2.12. The molecule has 0 unspecified atom stereocenters. The number of pyridine rings is 1. The van der Waals surface area contributed by atoms with Crippen LogP contribution in [0.15, 0.2) is 60.7 Å². The van der Waals surface area contributed by atoms with Crippen LogP contribution >= 0.6 is 0 Å². The molecule has 2 aliphatic rings. The van der Waals surface area contributed by atoms with Gasteiger partial charge in [-0.15, -0.1) is 0 Å². The molecule has 7 nitrogen and oxygen atoms in total. The van der Waals surface area contributed by atoms with Gasteiger partial charge in [-0.3, -0.25) is 19.3 Å². The summed E-state index contributed by atoms with van der Waals surface area (Å²) >= 11 is 0. The molecular formula is C22H17N3O4. The first-order valence-electron chi connectivity index (χ1n) is 9.35. The number of hydrogen-bond donors (Lipinski definition) is 0. The number of carbonyl (C=O) groups excluding carboxylic acids is 3. The predicted molar refractivity (Wildman–Crippen MR) is 105 cm³/mol. The molecular weight excluding hydrogens is 370 g/mol. The monoisotopic (exact) mass is 387 g/mol. The van der Waals surface area contributed by atoms with Gasteiger partial charge in [0, 0.05) is 11.5 Å². The Bertz CT molecular complexity index is 1120. The van der Waals surface area contributed by atoms with Crippen LogP contribution in [0.5, 0.6) is 5.88 Å². The Balaban J connectivity index is 1.18. The fourth-order valence-electron chi connectivity index (χ4n) is 3.62. The van der Waals surface area contributed by atoms with Crippen molar-refractivity contribution in [1.82, 2.24) is 14.8 Å². The third kappa shape index (κ3) is 3.00. The number of rotatable bonds is 4. The van der Waals surface area contributed by atoms with E-state index in [1.807, 2.05) is 36.4 Å². The van der Waals surface area contributed by atoms with Crippen molar-refractivity contribution >= 4 is 28.6 Å². The number of carbonyl (C=O) groups is 3. The maximum Gasteiger partial charge on any atom is 0.262 e. The van der Waals surface area contributed by atoms with Gasteiger partial charge in [0.25, 0.3) is 11.8 Å². The van der Waals surface area contributed by atoms with Crippen LogP contribution in [0.2, 0.25) is 0 Å². The van der Waals surface area contributed by atoms with Gasteiger partial charge in [0.1, 0.15) is 12.6 Å². The molecule has 0 radical (unpaired) electrons. The van der Waals surface area contributed by atoms with Gasteiger partial charge in [-0.25, -0.2) is 4.98 Å². The minimum Gasteiger partial charge on any atom is -0.471 e. The van der Waals surface area contributed by atoms with Crippen molar-refractivity contribution in [3.05, 3.63) is 71.8 Å². The third-order valence-corrected chi connectivity index (χ3v) is 5.23. The molecule has 1 fully saturated rings. The highest BCUT2D eigenvalue weighted by Crippen LogP contribution is 2.24. The first-order chi connectivity index (χ1) is 14.1. The van der Waals surface area contributed by atoms with E-state index in [-0.39, 0.29) is 18.6 Å². The number of nitrogens with zero attached hydrogens (tertiary/aromatic N) is 3. The Hall–Kier alpha value is -3.74. The Labute approximate surface area is 166 Å². The van der Waals surface area contributed by atoms with Gasteiger partial charge in [-0.1, -0.05) is 30.3 Å². The number of para-hydroxylation sites is 1. The lowest BCUT2D eigenvalue weighted by molar-refractivity contribution is -0.140. The molecule has 0 bridgehead atoms. The van der Waals surface area contributed by atoms with E-state index in [2.05, 4.69) is 4.98 Å². The second kappa shape index (κ2) is 6.70. The minimum absolute atomic E-state index is 0.158. The average Bonchev–Trinajstić information content (AvgIpc) is 2.95. The first kappa shape index (κ1) is 17.4. The lowest BCUT2D eigenvalue weighted by Crippen LogP contribution is -2.58. The molecule has 144 valence electrons. The molecule has 5 rings (SSSR count). The highest BCUT2D eigenvalue weighted by atomic mass is 16.5. The normalized spacial score (nSPS) is 16.1. The van der Waals surface area contributed by atoms with E-state index in [4.69, 9.17) is 4.74 Å². The molecule has 2 aromatic carbocycles. The van der Waals surface area contributed by atoms with Crippen molar-refractivity contribution in [2.24, 2.45) is 0 Å². The van der Waals surface area contributed by atoms with Gasteiger partial charge in [0.15, 0.2) is 0 Å². The summed E-state index contributed by atoms with van der Waals surface area (Å²) in [5.41, 5.74) is 1.54. The Kier molecular flexibility index (Phi) is 4.01. The van der Waals surface area contributed by atoms with E-state index in [0.717, 1.165) is 15.8 Å². The zero-order chi connectivity index (χ0) is 20.0. The van der Waals surface area contributed by atoms with Gasteiger partial charge < -0.3 is 9.64 Å². The fourth-order valence-corrected chi connectivity index (χ4v) is 3.62. The molecule has 0 aliphatic carbocycles. The van der Waals surface area contributed by atoms with Gasteiger partial charge in [-0.2, -0.15) is 0 Å². The largest absolute Gasteiger partial charge is 0.471 e. The number of likely N-dealkylation sites (tertiary alicyclic amines) is 1. The van der Waals surface area contributed by atoms with E-state index >= 15 is 0 Å². The van der Waals surface area contributed by atoms with E-state index in [1.54, 1.807) is 29.2 Å². The zero-order valence-corrected chi connectivity index (χ0v) is 15.4. The Morgan fingerprint density at radius 2 is 1.59 bits per heavy atom. The van der Waals surface area contributed by atoms with Crippen LogP contribution in [0.3, 0.4) is 0 Å². The van der Waals surface area contributed by atoms with Crippen LogP contribution in [0.4, 0.5) is 0 Å². The third-order valence-electron chi connectivity index (χ3n) is 5.23. The molecule has 3 aromatic rings. The second-order valence-electron chi connectivity index (χ2n) is 7.12. The fraction of sp³-hybridized carbons (Fsp3) is 0.182. The zero-order valence-electron chi connectivity index (χ0n) is 15.4. The van der Waals surface area contributed by atoms with Crippen molar-refractivity contribution in [1.29, 1.82) is 0 Å². The lowest BCUT2D eigenvalue weighted by Gasteiger charge is -2.39. The quantitative estimate of drug-likeness (QED) is 0.641. The van der Waals surface area contributed by atoms with Crippen molar-refractivity contribution in [2.45, 2.75) is 6.10 Å². The number of imide groups is 1. The van der Waals surface area contributed by atoms with Crippen LogP contribution in [0.25, 0.3) is 10.9 Å². The van der Waals surface area contributed by atoms with Crippen LogP contribution in [0.1, 0.15) is 20.7 Å². The number of fused-ring (bicyclic) bond motifs is 2. The van der Waals surface area contributed by atoms with Crippen molar-refractivity contribution in [2.75, 3.05) is 19.6 Å². The number of benzene rings is 2. The topological polar surface area (TPSA) is 79.8 Å². The van der Waals surface area contributed by atoms with E-state index < -0.39 is 11.8 Å². The first-order valence-corrected chi connectivity index (χ1v) is 9.35. The summed E-state index contributed by atoms with van der Waals surface area (Å²) in [6.07, 6.45) is -0.158. The Morgan fingerprint density at radius 1 is 0.931 bits per heavy atom. The number of amides is 3. The summed E-state index contributed by atoms with van der Waals surface area (Å²) in [6, 6.07) is 18.1. The molecule has 3 heterocycles.